The number of fused-ring (bicyclic) bond motifs is 4. The number of aromatic nitrogens is 5. The van der Waals surface area contributed by atoms with Crippen LogP contribution in [0.3, 0.4) is 0 Å². The van der Waals surface area contributed by atoms with Gasteiger partial charge in [-0.2, -0.15) is 0 Å². The number of furan rings is 1. The van der Waals surface area contributed by atoms with Crippen molar-refractivity contribution in [2.75, 3.05) is 0 Å². The molecule has 8 aromatic carbocycles. The summed E-state index contributed by atoms with van der Waals surface area (Å²) >= 11 is 0. The standard InChI is InChI=1S/C63H43N5O/c1-3-56-53(35-41(2)42-19-9-4-10-20-42)54-36-47(43-21-11-5-12-22-43)30-32-57(54)68(56)60-51(44-23-13-6-14-24-44)37-49(38-52(60)45-25-15-7-16-26-45)63-66-61(46-27-17-8-18-28-46)65-62(67-63)48-29-31-50-55-40-64-34-33-58(55)69-59(50)39-48/h3-40H,1H2,2H3/b41-35+. The quantitative estimate of drug-likeness (QED) is 0.137. The van der Waals surface area contributed by atoms with Gasteiger partial charge in [0.2, 0.25) is 0 Å². The van der Waals surface area contributed by atoms with Gasteiger partial charge in [0.15, 0.2) is 17.5 Å². The van der Waals surface area contributed by atoms with Gasteiger partial charge in [-0.1, -0.05) is 170 Å². The molecule has 6 heteroatoms. The minimum absolute atomic E-state index is 0.538. The number of nitrogens with zero attached hydrogens (tertiary/aromatic N) is 5. The second kappa shape index (κ2) is 17.5. The zero-order valence-corrected chi connectivity index (χ0v) is 37.8. The summed E-state index contributed by atoms with van der Waals surface area (Å²) in [4.78, 5) is 20.1. The Morgan fingerprint density at radius 1 is 0.478 bits per heavy atom. The fraction of sp³-hybridized carbons (Fsp3) is 0.0159. The maximum atomic E-state index is 6.33. The summed E-state index contributed by atoms with van der Waals surface area (Å²) in [6.07, 6.45) is 7.91. The second-order valence-corrected chi connectivity index (χ2v) is 17.1. The molecule has 0 unspecified atom stereocenters. The Bertz CT molecular complexity index is 3840. The molecule has 326 valence electrons. The minimum atomic E-state index is 0.538. The normalized spacial score (nSPS) is 11.7. The lowest BCUT2D eigenvalue weighted by atomic mass is 9.92. The van der Waals surface area contributed by atoms with E-state index in [0.29, 0.717) is 17.5 Å². The predicted octanol–water partition coefficient (Wildman–Crippen LogP) is 16.3. The molecule has 12 rings (SSSR count). The number of pyridine rings is 1. The van der Waals surface area contributed by atoms with Gasteiger partial charge < -0.3 is 8.98 Å². The van der Waals surface area contributed by atoms with Crippen LogP contribution in [0.25, 0.3) is 124 Å². The van der Waals surface area contributed by atoms with Gasteiger partial charge in [-0.3, -0.25) is 4.98 Å². The maximum absolute atomic E-state index is 6.33. The predicted molar refractivity (Wildman–Crippen MR) is 284 cm³/mol. The summed E-state index contributed by atoms with van der Waals surface area (Å²) in [6.45, 7) is 6.71. The van der Waals surface area contributed by atoms with E-state index in [-0.39, 0.29) is 0 Å². The van der Waals surface area contributed by atoms with E-state index in [4.69, 9.17) is 19.4 Å². The number of hydrogen-bond donors (Lipinski definition) is 0. The molecule has 69 heavy (non-hydrogen) atoms. The maximum Gasteiger partial charge on any atom is 0.164 e. The summed E-state index contributed by atoms with van der Waals surface area (Å²) in [6, 6.07) is 71.8. The van der Waals surface area contributed by atoms with Crippen LogP contribution in [0.1, 0.15) is 23.7 Å². The third-order valence-electron chi connectivity index (χ3n) is 12.9. The second-order valence-electron chi connectivity index (χ2n) is 17.1. The minimum Gasteiger partial charge on any atom is -0.456 e. The third kappa shape index (κ3) is 7.60. The van der Waals surface area contributed by atoms with E-state index in [1.807, 2.05) is 54.7 Å². The topological polar surface area (TPSA) is 69.6 Å². The Morgan fingerprint density at radius 2 is 1.03 bits per heavy atom. The van der Waals surface area contributed by atoms with Crippen LogP contribution in [0.4, 0.5) is 0 Å². The van der Waals surface area contributed by atoms with Crippen LogP contribution in [0, 0.1) is 0 Å². The Labute approximate surface area is 399 Å². The van der Waals surface area contributed by atoms with E-state index in [0.717, 1.165) is 111 Å². The average Bonchev–Trinajstić information content (AvgIpc) is 3.95. The molecule has 4 aromatic heterocycles. The Morgan fingerprint density at radius 3 is 1.65 bits per heavy atom. The van der Waals surface area contributed by atoms with Crippen LogP contribution < -0.4 is 0 Å². The molecular formula is C63H43N5O. The summed E-state index contributed by atoms with van der Waals surface area (Å²) in [5, 5.41) is 3.07. The van der Waals surface area contributed by atoms with E-state index in [1.165, 1.54) is 0 Å². The summed E-state index contributed by atoms with van der Waals surface area (Å²) in [5.41, 5.74) is 16.9. The van der Waals surface area contributed by atoms with Gasteiger partial charge in [0.25, 0.3) is 0 Å². The first-order valence-corrected chi connectivity index (χ1v) is 23.1. The molecule has 0 aliphatic heterocycles. The lowest BCUT2D eigenvalue weighted by Crippen LogP contribution is -2.05. The largest absolute Gasteiger partial charge is 0.456 e. The zero-order valence-electron chi connectivity index (χ0n) is 37.8. The van der Waals surface area contributed by atoms with Crippen molar-refractivity contribution in [1.82, 2.24) is 24.5 Å². The van der Waals surface area contributed by atoms with Crippen LogP contribution >= 0.6 is 0 Å². The van der Waals surface area contributed by atoms with Gasteiger partial charge >= 0.3 is 0 Å². The van der Waals surface area contributed by atoms with E-state index in [1.54, 1.807) is 6.20 Å². The van der Waals surface area contributed by atoms with Gasteiger partial charge in [0.1, 0.15) is 11.2 Å². The Balaban J connectivity index is 1.15. The van der Waals surface area contributed by atoms with Crippen molar-refractivity contribution in [2.45, 2.75) is 6.92 Å². The van der Waals surface area contributed by atoms with Crippen molar-refractivity contribution in [3.63, 3.8) is 0 Å². The molecule has 0 atom stereocenters. The number of benzene rings is 8. The molecule has 0 spiro atoms. The molecule has 0 aliphatic rings. The smallest absolute Gasteiger partial charge is 0.164 e. The number of hydrogen-bond acceptors (Lipinski definition) is 5. The molecule has 0 fully saturated rings. The third-order valence-corrected chi connectivity index (χ3v) is 12.9. The molecule has 0 radical (unpaired) electrons. The van der Waals surface area contributed by atoms with Crippen LogP contribution in [0.15, 0.2) is 230 Å². The molecule has 12 aromatic rings. The molecule has 6 nitrogen and oxygen atoms in total. The first-order chi connectivity index (χ1) is 34.1. The van der Waals surface area contributed by atoms with E-state index < -0.39 is 0 Å². The molecule has 0 saturated carbocycles. The van der Waals surface area contributed by atoms with Crippen molar-refractivity contribution in [2.24, 2.45) is 0 Å². The van der Waals surface area contributed by atoms with Crippen molar-refractivity contribution >= 4 is 50.6 Å². The molecule has 0 N–H and O–H groups in total. The van der Waals surface area contributed by atoms with Crippen LogP contribution in [0.5, 0.6) is 0 Å². The molecule has 0 amide bonds. The van der Waals surface area contributed by atoms with Gasteiger partial charge in [0, 0.05) is 61.9 Å². The zero-order chi connectivity index (χ0) is 46.3. The first-order valence-electron chi connectivity index (χ1n) is 23.1. The highest BCUT2D eigenvalue weighted by Crippen LogP contribution is 2.45. The fourth-order valence-corrected chi connectivity index (χ4v) is 9.53. The number of rotatable bonds is 10. The van der Waals surface area contributed by atoms with E-state index in [9.17, 15) is 0 Å². The van der Waals surface area contributed by atoms with E-state index in [2.05, 4.69) is 193 Å². The summed E-state index contributed by atoms with van der Waals surface area (Å²) < 4.78 is 8.73. The van der Waals surface area contributed by atoms with Gasteiger partial charge in [-0.15, -0.1) is 0 Å². The van der Waals surface area contributed by atoms with Crippen LogP contribution in [-0.4, -0.2) is 24.5 Å². The van der Waals surface area contributed by atoms with E-state index >= 15 is 0 Å². The summed E-state index contributed by atoms with van der Waals surface area (Å²) in [5.74, 6) is 1.65. The van der Waals surface area contributed by atoms with Gasteiger partial charge in [-0.25, -0.2) is 15.0 Å². The van der Waals surface area contributed by atoms with Gasteiger partial charge in [-0.05, 0) is 94.9 Å². The first kappa shape index (κ1) is 41.2. The Kier molecular flexibility index (Phi) is 10.5. The van der Waals surface area contributed by atoms with Crippen LogP contribution in [0.2, 0.25) is 0 Å². The highest BCUT2D eigenvalue weighted by Gasteiger charge is 2.25. The lowest BCUT2D eigenvalue weighted by molar-refractivity contribution is 0.668. The Hall–Kier alpha value is -9.26. The monoisotopic (exact) mass is 885 g/mol. The lowest BCUT2D eigenvalue weighted by Gasteiger charge is -2.21. The molecular weight excluding hydrogens is 843 g/mol. The van der Waals surface area contributed by atoms with Gasteiger partial charge in [0.05, 0.1) is 16.9 Å². The fourth-order valence-electron chi connectivity index (χ4n) is 9.53. The van der Waals surface area contributed by atoms with Crippen molar-refractivity contribution < 1.29 is 4.42 Å². The molecule has 0 saturated heterocycles. The number of allylic oxidation sites excluding steroid dienone is 1. The van der Waals surface area contributed by atoms with Crippen molar-refractivity contribution in [3.8, 4) is 73.2 Å². The van der Waals surface area contributed by atoms with Crippen molar-refractivity contribution in [3.05, 3.63) is 242 Å². The molecule has 4 heterocycles. The molecule has 0 bridgehead atoms. The highest BCUT2D eigenvalue weighted by atomic mass is 16.3. The van der Waals surface area contributed by atoms with Crippen molar-refractivity contribution in [1.29, 1.82) is 0 Å². The highest BCUT2D eigenvalue weighted by molar-refractivity contribution is 6.06. The van der Waals surface area contributed by atoms with Crippen LogP contribution in [-0.2, 0) is 0 Å². The summed E-state index contributed by atoms with van der Waals surface area (Å²) in [7, 11) is 0. The SMILES string of the molecule is C=Cc1c(/C=C(\C)c2ccccc2)c2cc(-c3ccccc3)ccc2n1-c1c(-c2ccccc2)cc(-c2nc(-c3ccccc3)nc(-c3ccc4c(c3)oc3ccncc34)n2)cc1-c1ccccc1. The average molecular weight is 886 g/mol. The molecule has 0 aliphatic carbocycles.